The molecule has 0 unspecified atom stereocenters. The second-order valence-corrected chi connectivity index (χ2v) is 3.92. The number of rotatable bonds is 4. The Morgan fingerprint density at radius 1 is 1.50 bits per heavy atom. The van der Waals surface area contributed by atoms with Crippen molar-refractivity contribution in [3.8, 4) is 5.75 Å². The molecule has 0 aliphatic heterocycles. The number of carbonyl (C=O) groups is 1. The Kier molecular flexibility index (Phi) is 4.65. The van der Waals surface area contributed by atoms with E-state index in [1.165, 1.54) is 13.0 Å². The van der Waals surface area contributed by atoms with Gasteiger partial charge in [-0.15, -0.1) is 0 Å². The number of halogens is 2. The Balaban J connectivity index is 2.62. The molecule has 16 heavy (non-hydrogen) atoms. The third-order valence-corrected chi connectivity index (χ3v) is 2.39. The van der Waals surface area contributed by atoms with Crippen LogP contribution < -0.4 is 4.74 Å². The van der Waals surface area contributed by atoms with E-state index in [9.17, 15) is 4.79 Å². The van der Waals surface area contributed by atoms with Crippen molar-refractivity contribution >= 4 is 29.2 Å². The molecule has 0 bridgehead atoms. The summed E-state index contributed by atoms with van der Waals surface area (Å²) in [7, 11) is 0. The van der Waals surface area contributed by atoms with Crippen LogP contribution in [-0.2, 0) is 4.79 Å². The van der Waals surface area contributed by atoms with E-state index in [1.807, 2.05) is 0 Å². The third kappa shape index (κ3) is 3.76. The number of carboxylic acid groups (broad SMARTS) is 1. The summed E-state index contributed by atoms with van der Waals surface area (Å²) in [6, 6.07) is 4.84. The first kappa shape index (κ1) is 12.9. The van der Waals surface area contributed by atoms with Crippen molar-refractivity contribution in [3.63, 3.8) is 0 Å². The SMILES string of the molecule is C/C(=C\COc1ccc(Cl)cc1Cl)C(=O)O. The lowest BCUT2D eigenvalue weighted by molar-refractivity contribution is -0.132. The molecular weight excluding hydrogens is 251 g/mol. The van der Waals surface area contributed by atoms with Crippen molar-refractivity contribution < 1.29 is 14.6 Å². The summed E-state index contributed by atoms with van der Waals surface area (Å²) in [6.07, 6.45) is 1.47. The molecule has 0 saturated heterocycles. The zero-order valence-corrected chi connectivity index (χ0v) is 10.0. The van der Waals surface area contributed by atoms with E-state index in [-0.39, 0.29) is 12.2 Å². The first-order chi connectivity index (χ1) is 7.50. The van der Waals surface area contributed by atoms with Crippen LogP contribution >= 0.6 is 23.2 Å². The van der Waals surface area contributed by atoms with Crippen LogP contribution in [0.3, 0.4) is 0 Å². The van der Waals surface area contributed by atoms with Gasteiger partial charge in [-0.3, -0.25) is 0 Å². The highest BCUT2D eigenvalue weighted by Crippen LogP contribution is 2.27. The zero-order valence-electron chi connectivity index (χ0n) is 8.54. The number of benzene rings is 1. The monoisotopic (exact) mass is 260 g/mol. The lowest BCUT2D eigenvalue weighted by Crippen LogP contribution is -2.00. The molecule has 0 fully saturated rings. The normalized spacial score (nSPS) is 11.3. The van der Waals surface area contributed by atoms with Gasteiger partial charge in [-0.25, -0.2) is 4.79 Å². The number of aliphatic carboxylic acids is 1. The van der Waals surface area contributed by atoms with E-state index >= 15 is 0 Å². The molecule has 1 rings (SSSR count). The molecule has 3 nitrogen and oxygen atoms in total. The summed E-state index contributed by atoms with van der Waals surface area (Å²) in [4.78, 5) is 10.5. The van der Waals surface area contributed by atoms with Crippen molar-refractivity contribution in [2.45, 2.75) is 6.92 Å². The van der Waals surface area contributed by atoms with Crippen molar-refractivity contribution in [1.29, 1.82) is 0 Å². The average molecular weight is 261 g/mol. The minimum atomic E-state index is -0.967. The van der Waals surface area contributed by atoms with Crippen LogP contribution in [0.5, 0.6) is 5.75 Å². The van der Waals surface area contributed by atoms with Crippen LogP contribution in [0, 0.1) is 0 Å². The third-order valence-electron chi connectivity index (χ3n) is 1.86. The summed E-state index contributed by atoms with van der Waals surface area (Å²) < 4.78 is 5.28. The molecule has 1 N–H and O–H groups in total. The van der Waals surface area contributed by atoms with Crippen molar-refractivity contribution in [3.05, 3.63) is 39.9 Å². The van der Waals surface area contributed by atoms with Gasteiger partial charge in [0, 0.05) is 10.6 Å². The number of hydrogen-bond donors (Lipinski definition) is 1. The summed E-state index contributed by atoms with van der Waals surface area (Å²) in [6.45, 7) is 1.65. The van der Waals surface area contributed by atoms with Crippen LogP contribution in [-0.4, -0.2) is 17.7 Å². The highest BCUT2D eigenvalue weighted by molar-refractivity contribution is 6.35. The maximum atomic E-state index is 10.5. The van der Waals surface area contributed by atoms with Gasteiger partial charge in [-0.1, -0.05) is 23.2 Å². The number of carboxylic acids is 1. The van der Waals surface area contributed by atoms with E-state index in [2.05, 4.69) is 0 Å². The second-order valence-electron chi connectivity index (χ2n) is 3.08. The molecule has 86 valence electrons. The van der Waals surface area contributed by atoms with Crippen LogP contribution in [0.2, 0.25) is 10.0 Å². The molecule has 1 aromatic carbocycles. The maximum Gasteiger partial charge on any atom is 0.331 e. The lowest BCUT2D eigenvalue weighted by Gasteiger charge is -2.05. The molecule has 1 aromatic rings. The Hall–Kier alpha value is -1.19. The number of hydrogen-bond acceptors (Lipinski definition) is 2. The average Bonchev–Trinajstić information content (AvgIpc) is 2.20. The molecule has 0 aromatic heterocycles. The van der Waals surface area contributed by atoms with Gasteiger partial charge in [0.15, 0.2) is 0 Å². The number of ether oxygens (including phenoxy) is 1. The Morgan fingerprint density at radius 3 is 2.75 bits per heavy atom. The molecule has 0 aliphatic carbocycles. The highest BCUT2D eigenvalue weighted by atomic mass is 35.5. The van der Waals surface area contributed by atoms with Gasteiger partial charge in [-0.05, 0) is 31.2 Å². The minimum absolute atomic E-state index is 0.152. The van der Waals surface area contributed by atoms with Gasteiger partial charge in [0.05, 0.1) is 5.02 Å². The highest BCUT2D eigenvalue weighted by Gasteiger charge is 2.02. The maximum absolute atomic E-state index is 10.5. The molecule has 0 radical (unpaired) electrons. The van der Waals surface area contributed by atoms with E-state index in [0.717, 1.165) is 0 Å². The molecule has 0 saturated carbocycles. The predicted molar refractivity (Wildman–Crippen MR) is 63.3 cm³/mol. The van der Waals surface area contributed by atoms with Gasteiger partial charge >= 0.3 is 5.97 Å². The molecule has 0 spiro atoms. The minimum Gasteiger partial charge on any atom is -0.488 e. The van der Waals surface area contributed by atoms with Crippen LogP contribution in [0.4, 0.5) is 0 Å². The Morgan fingerprint density at radius 2 is 2.19 bits per heavy atom. The molecule has 0 amide bonds. The van der Waals surface area contributed by atoms with E-state index in [1.54, 1.807) is 18.2 Å². The lowest BCUT2D eigenvalue weighted by atomic mass is 10.3. The van der Waals surface area contributed by atoms with Gasteiger partial charge in [0.25, 0.3) is 0 Å². The van der Waals surface area contributed by atoms with Crippen molar-refractivity contribution in [1.82, 2.24) is 0 Å². The van der Waals surface area contributed by atoms with Crippen molar-refractivity contribution in [2.24, 2.45) is 0 Å². The molecule has 0 heterocycles. The summed E-state index contributed by atoms with van der Waals surface area (Å²) in [5, 5.41) is 9.52. The van der Waals surface area contributed by atoms with Crippen LogP contribution in [0.15, 0.2) is 29.8 Å². The fraction of sp³-hybridized carbons (Fsp3) is 0.182. The largest absolute Gasteiger partial charge is 0.488 e. The molecule has 0 atom stereocenters. The summed E-state index contributed by atoms with van der Waals surface area (Å²) in [5.74, 6) is -0.494. The van der Waals surface area contributed by atoms with E-state index in [4.69, 9.17) is 33.0 Å². The topological polar surface area (TPSA) is 46.5 Å². The first-order valence-electron chi connectivity index (χ1n) is 4.48. The first-order valence-corrected chi connectivity index (χ1v) is 5.24. The smallest absolute Gasteiger partial charge is 0.331 e. The Bertz CT molecular complexity index is 427. The van der Waals surface area contributed by atoms with E-state index in [0.29, 0.717) is 15.8 Å². The van der Waals surface area contributed by atoms with Gasteiger partial charge in [0.2, 0.25) is 0 Å². The van der Waals surface area contributed by atoms with Crippen LogP contribution in [0.1, 0.15) is 6.92 Å². The molecular formula is C11H10Cl2O3. The van der Waals surface area contributed by atoms with Crippen LogP contribution in [0.25, 0.3) is 0 Å². The molecule has 0 aliphatic rings. The fourth-order valence-electron chi connectivity index (χ4n) is 0.936. The molecule has 5 heteroatoms. The predicted octanol–water partition coefficient (Wildman–Crippen LogP) is 3.40. The van der Waals surface area contributed by atoms with Gasteiger partial charge < -0.3 is 9.84 Å². The standard InChI is InChI=1S/C11H10Cl2O3/c1-7(11(14)15)4-5-16-10-3-2-8(12)6-9(10)13/h2-4,6H,5H2,1H3,(H,14,15)/b7-4+. The second kappa shape index (κ2) is 5.77. The fourth-order valence-corrected chi connectivity index (χ4v) is 1.40. The van der Waals surface area contributed by atoms with Gasteiger partial charge in [-0.2, -0.15) is 0 Å². The summed E-state index contributed by atoms with van der Waals surface area (Å²) >= 11 is 11.6. The van der Waals surface area contributed by atoms with Crippen molar-refractivity contribution in [2.75, 3.05) is 6.61 Å². The van der Waals surface area contributed by atoms with Gasteiger partial charge in [0.1, 0.15) is 12.4 Å². The Labute approximate surface area is 103 Å². The quantitative estimate of drug-likeness (QED) is 0.845. The summed E-state index contributed by atoms with van der Waals surface area (Å²) in [5.41, 5.74) is 0.227. The zero-order chi connectivity index (χ0) is 12.1. The van der Waals surface area contributed by atoms with E-state index < -0.39 is 5.97 Å².